The summed E-state index contributed by atoms with van der Waals surface area (Å²) >= 11 is 0. The van der Waals surface area contributed by atoms with Crippen LogP contribution in [0.4, 0.5) is 0 Å². The van der Waals surface area contributed by atoms with E-state index in [1.54, 1.807) is 0 Å². The second-order valence-electron chi connectivity index (χ2n) is 7.80. The summed E-state index contributed by atoms with van der Waals surface area (Å²) in [5, 5.41) is 2.24. The Kier molecular flexibility index (Phi) is 4.88. The lowest BCUT2D eigenvalue weighted by atomic mass is 10.2. The van der Waals surface area contributed by atoms with Crippen LogP contribution in [0.15, 0.2) is 110 Å². The van der Waals surface area contributed by atoms with E-state index in [1.807, 2.05) is 85.5 Å². The fourth-order valence-electron chi connectivity index (χ4n) is 3.97. The minimum Gasteiger partial charge on any atom is -0.301 e. The van der Waals surface area contributed by atoms with Crippen LogP contribution in [0.3, 0.4) is 0 Å². The highest BCUT2D eigenvalue weighted by atomic mass is 15.0. The Morgan fingerprint density at radius 3 is 1.38 bits per heavy atom. The summed E-state index contributed by atoms with van der Waals surface area (Å²) in [5.74, 6) is 12.1. The summed E-state index contributed by atoms with van der Waals surface area (Å²) in [6.07, 6.45) is 7.68. The molecule has 0 saturated heterocycles. The predicted octanol–water partition coefficient (Wildman–Crippen LogP) is 5.77. The highest BCUT2D eigenvalue weighted by Gasteiger charge is 2.04. The summed E-state index contributed by atoms with van der Waals surface area (Å²) in [7, 11) is 0. The number of rotatable bonds is 2. The fraction of sp³-hybridized carbons (Fsp3) is 0. The molecule has 34 heavy (non-hydrogen) atoms. The molecule has 0 aliphatic rings. The first-order chi connectivity index (χ1) is 16.8. The molecule has 6 aromatic rings. The van der Waals surface area contributed by atoms with Crippen molar-refractivity contribution in [3.8, 4) is 35.1 Å². The van der Waals surface area contributed by atoms with E-state index in [9.17, 15) is 0 Å². The molecule has 0 aliphatic heterocycles. The van der Waals surface area contributed by atoms with Crippen LogP contribution in [0.1, 0.15) is 11.1 Å². The predicted molar refractivity (Wildman–Crippen MR) is 136 cm³/mol. The molecule has 0 aliphatic carbocycles. The molecule has 4 heteroatoms. The summed E-state index contributed by atoms with van der Waals surface area (Å²) in [6.45, 7) is 0. The van der Waals surface area contributed by atoms with E-state index in [0.717, 1.165) is 44.6 Å². The first-order valence-corrected chi connectivity index (χ1v) is 10.9. The lowest BCUT2D eigenvalue weighted by molar-refractivity contribution is 1.09. The Morgan fingerprint density at radius 1 is 0.500 bits per heavy atom. The van der Waals surface area contributed by atoms with Gasteiger partial charge in [0.15, 0.2) is 0 Å². The van der Waals surface area contributed by atoms with Gasteiger partial charge in [0.25, 0.3) is 0 Å². The quantitative estimate of drug-likeness (QED) is 0.325. The minimum atomic E-state index is 0.921. The number of hydrogen-bond acceptors (Lipinski definition) is 2. The SMILES string of the molecule is C(C#Cc1ccc(-n2ccc3cccnc32)cc1)#Cc1ccc(-n2ccc3cccnc32)cc1. The summed E-state index contributed by atoms with van der Waals surface area (Å²) in [4.78, 5) is 8.95. The van der Waals surface area contributed by atoms with Crippen LogP contribution in [-0.4, -0.2) is 19.1 Å². The number of benzene rings is 2. The Hall–Kier alpha value is -5.06. The van der Waals surface area contributed by atoms with E-state index in [4.69, 9.17) is 0 Å². The Balaban J connectivity index is 1.17. The molecule has 0 bridgehead atoms. The smallest absolute Gasteiger partial charge is 0.144 e. The molecular formula is C30H18N4. The van der Waals surface area contributed by atoms with Gasteiger partial charge in [0, 0.05) is 58.1 Å². The van der Waals surface area contributed by atoms with Gasteiger partial charge in [-0.2, -0.15) is 0 Å². The van der Waals surface area contributed by atoms with Crippen molar-refractivity contribution in [2.24, 2.45) is 0 Å². The van der Waals surface area contributed by atoms with Crippen molar-refractivity contribution in [1.29, 1.82) is 0 Å². The molecule has 4 heterocycles. The van der Waals surface area contributed by atoms with Crippen molar-refractivity contribution in [2.75, 3.05) is 0 Å². The normalized spacial score (nSPS) is 10.5. The maximum Gasteiger partial charge on any atom is 0.144 e. The summed E-state index contributed by atoms with van der Waals surface area (Å²) < 4.78 is 4.14. The van der Waals surface area contributed by atoms with Crippen LogP contribution in [-0.2, 0) is 0 Å². The number of hydrogen-bond donors (Lipinski definition) is 0. The maximum absolute atomic E-state index is 4.47. The van der Waals surface area contributed by atoms with E-state index >= 15 is 0 Å². The van der Waals surface area contributed by atoms with Crippen LogP contribution in [0.2, 0.25) is 0 Å². The van der Waals surface area contributed by atoms with Gasteiger partial charge in [0.2, 0.25) is 0 Å². The lowest BCUT2D eigenvalue weighted by Crippen LogP contribution is -1.93. The highest BCUT2D eigenvalue weighted by Crippen LogP contribution is 2.19. The lowest BCUT2D eigenvalue weighted by Gasteiger charge is -2.04. The molecule has 0 spiro atoms. The first kappa shape index (κ1) is 19.6. The second kappa shape index (κ2) is 8.47. The van der Waals surface area contributed by atoms with E-state index in [-0.39, 0.29) is 0 Å². The Morgan fingerprint density at radius 2 is 0.941 bits per heavy atom. The monoisotopic (exact) mass is 434 g/mol. The Labute approximate surface area is 197 Å². The van der Waals surface area contributed by atoms with Gasteiger partial charge in [0.05, 0.1) is 0 Å². The van der Waals surface area contributed by atoms with Gasteiger partial charge in [-0.1, -0.05) is 11.8 Å². The van der Waals surface area contributed by atoms with E-state index in [0.29, 0.717) is 0 Å². The van der Waals surface area contributed by atoms with Gasteiger partial charge in [-0.3, -0.25) is 0 Å². The van der Waals surface area contributed by atoms with Gasteiger partial charge in [-0.05, 0) is 96.8 Å². The van der Waals surface area contributed by atoms with Crippen LogP contribution in [0, 0.1) is 23.7 Å². The topological polar surface area (TPSA) is 35.6 Å². The molecule has 0 radical (unpaired) electrons. The van der Waals surface area contributed by atoms with Crippen molar-refractivity contribution >= 4 is 22.1 Å². The van der Waals surface area contributed by atoms with Gasteiger partial charge in [0.1, 0.15) is 11.3 Å². The third-order valence-electron chi connectivity index (χ3n) is 5.66. The van der Waals surface area contributed by atoms with Crippen LogP contribution >= 0.6 is 0 Å². The number of fused-ring (bicyclic) bond motifs is 2. The highest BCUT2D eigenvalue weighted by molar-refractivity contribution is 5.78. The third kappa shape index (κ3) is 3.71. The first-order valence-electron chi connectivity index (χ1n) is 10.9. The zero-order valence-corrected chi connectivity index (χ0v) is 18.2. The second-order valence-corrected chi connectivity index (χ2v) is 7.80. The number of pyridine rings is 2. The molecule has 4 nitrogen and oxygen atoms in total. The minimum absolute atomic E-state index is 0.921. The molecule has 4 aromatic heterocycles. The van der Waals surface area contributed by atoms with E-state index in [2.05, 4.69) is 67.0 Å². The largest absolute Gasteiger partial charge is 0.301 e. The van der Waals surface area contributed by atoms with Crippen LogP contribution in [0.25, 0.3) is 33.4 Å². The average Bonchev–Trinajstić information content (AvgIpc) is 3.52. The van der Waals surface area contributed by atoms with Gasteiger partial charge in [-0.25, -0.2) is 9.97 Å². The van der Waals surface area contributed by atoms with Crippen molar-refractivity contribution in [1.82, 2.24) is 19.1 Å². The average molecular weight is 435 g/mol. The molecule has 2 aromatic carbocycles. The van der Waals surface area contributed by atoms with Gasteiger partial charge in [-0.15, -0.1) is 0 Å². The standard InChI is InChI=1S/C30H18N4/c1(5-23-9-13-27(14-10-23)33-21-17-25-7-3-19-31-29(25)33)2-6-24-11-15-28(16-12-24)34-22-18-26-8-4-20-32-30(26)34/h3-4,7-22H. The Bertz CT molecular complexity index is 1610. The molecule has 0 amide bonds. The zero-order chi connectivity index (χ0) is 22.7. The van der Waals surface area contributed by atoms with Gasteiger partial charge < -0.3 is 9.13 Å². The molecule has 0 unspecified atom stereocenters. The van der Waals surface area contributed by atoms with Crippen LogP contribution < -0.4 is 0 Å². The molecular weight excluding hydrogens is 416 g/mol. The zero-order valence-electron chi connectivity index (χ0n) is 18.2. The molecule has 0 saturated carbocycles. The summed E-state index contributed by atoms with van der Waals surface area (Å²) in [5.41, 5.74) is 5.83. The molecule has 0 N–H and O–H groups in total. The van der Waals surface area contributed by atoms with Crippen LogP contribution in [0.5, 0.6) is 0 Å². The molecule has 158 valence electrons. The fourth-order valence-corrected chi connectivity index (χ4v) is 3.97. The van der Waals surface area contributed by atoms with Crippen molar-refractivity contribution in [3.05, 3.63) is 121 Å². The number of nitrogens with zero attached hydrogens (tertiary/aromatic N) is 4. The van der Waals surface area contributed by atoms with Crippen molar-refractivity contribution in [3.63, 3.8) is 0 Å². The third-order valence-corrected chi connectivity index (χ3v) is 5.66. The number of aromatic nitrogens is 4. The van der Waals surface area contributed by atoms with E-state index < -0.39 is 0 Å². The maximum atomic E-state index is 4.47. The van der Waals surface area contributed by atoms with Crippen molar-refractivity contribution < 1.29 is 0 Å². The molecule has 0 fully saturated rings. The van der Waals surface area contributed by atoms with E-state index in [1.165, 1.54) is 0 Å². The van der Waals surface area contributed by atoms with Gasteiger partial charge >= 0.3 is 0 Å². The molecule has 6 rings (SSSR count). The molecule has 0 atom stereocenters. The van der Waals surface area contributed by atoms with Crippen molar-refractivity contribution in [2.45, 2.75) is 0 Å². The summed E-state index contributed by atoms with van der Waals surface area (Å²) in [6, 6.07) is 28.3.